The van der Waals surface area contributed by atoms with Gasteiger partial charge in [0, 0.05) is 29.9 Å². The van der Waals surface area contributed by atoms with Crippen molar-refractivity contribution in [2.45, 2.75) is 6.54 Å². The molecule has 22 heavy (non-hydrogen) atoms. The number of aromatic nitrogens is 1. The van der Waals surface area contributed by atoms with Crippen molar-refractivity contribution in [1.82, 2.24) is 4.98 Å². The van der Waals surface area contributed by atoms with Gasteiger partial charge in [0.15, 0.2) is 4.47 Å². The average molecular weight is 342 g/mol. The molecular weight excluding hydrogens is 326 g/mol. The summed E-state index contributed by atoms with van der Waals surface area (Å²) in [6.07, 6.45) is 1.73. The van der Waals surface area contributed by atoms with E-state index in [1.54, 1.807) is 19.4 Å². The summed E-state index contributed by atoms with van der Waals surface area (Å²) in [5.41, 5.74) is 1.46. The number of thiazole rings is 1. The summed E-state index contributed by atoms with van der Waals surface area (Å²) in [5, 5.41) is 5.97. The highest BCUT2D eigenvalue weighted by Gasteiger charge is 2.08. The monoisotopic (exact) mass is 341 g/mol. The van der Waals surface area contributed by atoms with Crippen LogP contribution in [0.4, 0.5) is 11.4 Å². The van der Waals surface area contributed by atoms with Gasteiger partial charge in [0.05, 0.1) is 19.3 Å². The van der Waals surface area contributed by atoms with E-state index in [2.05, 4.69) is 15.6 Å². The number of methoxy groups -OCH3 is 2. The SMILES string of the molecule is COCC(=O)Nc1ccc(NCc2cnc(Cl)s2)cc1OC. The van der Waals surface area contributed by atoms with Crippen molar-refractivity contribution in [3.8, 4) is 5.75 Å². The summed E-state index contributed by atoms with van der Waals surface area (Å²) in [6, 6.07) is 5.44. The number of nitrogens with one attached hydrogen (secondary N) is 2. The molecule has 0 aliphatic rings. The van der Waals surface area contributed by atoms with Crippen LogP contribution < -0.4 is 15.4 Å². The Hall–Kier alpha value is -1.83. The van der Waals surface area contributed by atoms with Gasteiger partial charge in [-0.2, -0.15) is 0 Å². The molecule has 0 aliphatic heterocycles. The zero-order chi connectivity index (χ0) is 15.9. The van der Waals surface area contributed by atoms with E-state index in [4.69, 9.17) is 21.1 Å². The summed E-state index contributed by atoms with van der Waals surface area (Å²) in [6.45, 7) is 0.609. The first-order valence-electron chi connectivity index (χ1n) is 6.43. The van der Waals surface area contributed by atoms with Gasteiger partial charge >= 0.3 is 0 Å². The molecule has 2 rings (SSSR count). The molecule has 6 nitrogen and oxygen atoms in total. The highest BCUT2D eigenvalue weighted by atomic mass is 35.5. The lowest BCUT2D eigenvalue weighted by Gasteiger charge is -2.12. The lowest BCUT2D eigenvalue weighted by atomic mass is 10.2. The van der Waals surface area contributed by atoms with Gasteiger partial charge in [0.25, 0.3) is 0 Å². The summed E-state index contributed by atoms with van der Waals surface area (Å²) in [7, 11) is 3.02. The van der Waals surface area contributed by atoms with Gasteiger partial charge in [-0.05, 0) is 12.1 Å². The Balaban J connectivity index is 2.03. The Kier molecular flexibility index (Phi) is 6.00. The molecule has 2 aromatic rings. The molecule has 0 fully saturated rings. The second-order valence-electron chi connectivity index (χ2n) is 4.33. The van der Waals surface area contributed by atoms with Crippen molar-refractivity contribution in [1.29, 1.82) is 0 Å². The predicted molar refractivity (Wildman–Crippen MR) is 88.0 cm³/mol. The predicted octanol–water partition coefficient (Wildman–Crippen LogP) is 3.00. The van der Waals surface area contributed by atoms with E-state index in [0.29, 0.717) is 22.4 Å². The van der Waals surface area contributed by atoms with Gasteiger partial charge in [-0.15, -0.1) is 11.3 Å². The number of amides is 1. The highest BCUT2D eigenvalue weighted by Crippen LogP contribution is 2.28. The zero-order valence-corrected chi connectivity index (χ0v) is 13.8. The maximum absolute atomic E-state index is 11.6. The van der Waals surface area contributed by atoms with Crippen LogP contribution >= 0.6 is 22.9 Å². The van der Waals surface area contributed by atoms with Crippen LogP contribution in [0.15, 0.2) is 24.4 Å². The van der Waals surface area contributed by atoms with Gasteiger partial charge in [0.2, 0.25) is 5.91 Å². The number of anilines is 2. The average Bonchev–Trinajstić information content (AvgIpc) is 2.92. The van der Waals surface area contributed by atoms with Crippen LogP contribution in [-0.4, -0.2) is 31.7 Å². The fourth-order valence-electron chi connectivity index (χ4n) is 1.78. The maximum Gasteiger partial charge on any atom is 0.250 e. The molecule has 1 aromatic carbocycles. The van der Waals surface area contributed by atoms with Gasteiger partial charge in [-0.25, -0.2) is 4.98 Å². The van der Waals surface area contributed by atoms with Crippen molar-refractivity contribution in [2.75, 3.05) is 31.5 Å². The minimum atomic E-state index is -0.235. The second-order valence-corrected chi connectivity index (χ2v) is 6.03. The van der Waals surface area contributed by atoms with Crippen molar-refractivity contribution < 1.29 is 14.3 Å². The van der Waals surface area contributed by atoms with Crippen LogP contribution in [0.25, 0.3) is 0 Å². The Morgan fingerprint density at radius 1 is 1.41 bits per heavy atom. The van der Waals surface area contributed by atoms with Crippen LogP contribution in [0.1, 0.15) is 4.88 Å². The lowest BCUT2D eigenvalue weighted by molar-refractivity contribution is -0.119. The number of carbonyl (C=O) groups is 1. The van der Waals surface area contributed by atoms with Gasteiger partial charge < -0.3 is 20.1 Å². The third kappa shape index (κ3) is 4.59. The molecule has 0 atom stereocenters. The normalized spacial score (nSPS) is 10.3. The van der Waals surface area contributed by atoms with Crippen LogP contribution in [0.3, 0.4) is 0 Å². The molecule has 118 valence electrons. The van der Waals surface area contributed by atoms with Crippen molar-refractivity contribution in [2.24, 2.45) is 0 Å². The number of carbonyl (C=O) groups excluding carboxylic acids is 1. The van der Waals surface area contributed by atoms with E-state index < -0.39 is 0 Å². The van der Waals surface area contributed by atoms with Crippen LogP contribution in [0.2, 0.25) is 4.47 Å². The van der Waals surface area contributed by atoms with Crippen LogP contribution in [0, 0.1) is 0 Å². The van der Waals surface area contributed by atoms with E-state index in [1.807, 2.05) is 12.1 Å². The minimum Gasteiger partial charge on any atom is -0.494 e. The van der Waals surface area contributed by atoms with Gasteiger partial charge in [-0.1, -0.05) is 11.6 Å². The smallest absolute Gasteiger partial charge is 0.250 e. The van der Waals surface area contributed by atoms with Gasteiger partial charge in [0.1, 0.15) is 12.4 Å². The first kappa shape index (κ1) is 16.5. The minimum absolute atomic E-state index is 0.00467. The van der Waals surface area contributed by atoms with E-state index in [9.17, 15) is 4.79 Å². The number of nitrogens with zero attached hydrogens (tertiary/aromatic N) is 1. The molecule has 0 spiro atoms. The quantitative estimate of drug-likeness (QED) is 0.810. The molecule has 0 radical (unpaired) electrons. The number of hydrogen-bond donors (Lipinski definition) is 2. The first-order chi connectivity index (χ1) is 10.6. The largest absolute Gasteiger partial charge is 0.494 e. The molecule has 0 saturated carbocycles. The Morgan fingerprint density at radius 2 is 2.23 bits per heavy atom. The van der Waals surface area contributed by atoms with E-state index in [0.717, 1.165) is 10.6 Å². The lowest BCUT2D eigenvalue weighted by Crippen LogP contribution is -2.17. The Bertz CT molecular complexity index is 648. The molecule has 1 heterocycles. The molecule has 0 aliphatic carbocycles. The van der Waals surface area contributed by atoms with Crippen LogP contribution in [0.5, 0.6) is 5.75 Å². The van der Waals surface area contributed by atoms with E-state index in [-0.39, 0.29) is 12.5 Å². The summed E-state index contributed by atoms with van der Waals surface area (Å²) in [4.78, 5) is 16.6. The molecule has 8 heteroatoms. The Morgan fingerprint density at radius 3 is 2.86 bits per heavy atom. The molecule has 2 N–H and O–H groups in total. The summed E-state index contributed by atoms with van der Waals surface area (Å²) in [5.74, 6) is 0.331. The number of rotatable bonds is 7. The number of benzene rings is 1. The third-order valence-corrected chi connectivity index (χ3v) is 3.86. The maximum atomic E-state index is 11.6. The Labute approximate surface area is 137 Å². The first-order valence-corrected chi connectivity index (χ1v) is 7.62. The van der Waals surface area contributed by atoms with Gasteiger partial charge in [-0.3, -0.25) is 4.79 Å². The highest BCUT2D eigenvalue weighted by molar-refractivity contribution is 7.15. The molecule has 0 unspecified atom stereocenters. The third-order valence-electron chi connectivity index (χ3n) is 2.74. The topological polar surface area (TPSA) is 72.5 Å². The van der Waals surface area contributed by atoms with Crippen molar-refractivity contribution in [3.63, 3.8) is 0 Å². The number of halogens is 1. The second kappa shape index (κ2) is 7.98. The van der Waals surface area contributed by atoms with Crippen molar-refractivity contribution in [3.05, 3.63) is 33.7 Å². The molecule has 1 aromatic heterocycles. The molecular formula is C14H16ClN3O3S. The number of ether oxygens (including phenoxy) is 2. The van der Waals surface area contributed by atoms with Crippen molar-refractivity contribution >= 4 is 40.2 Å². The fraction of sp³-hybridized carbons (Fsp3) is 0.286. The zero-order valence-electron chi connectivity index (χ0n) is 12.2. The van der Waals surface area contributed by atoms with Crippen LogP contribution in [-0.2, 0) is 16.1 Å². The van der Waals surface area contributed by atoms with E-state index in [1.165, 1.54) is 18.4 Å². The molecule has 1 amide bonds. The number of hydrogen-bond acceptors (Lipinski definition) is 6. The summed E-state index contributed by atoms with van der Waals surface area (Å²) >= 11 is 7.22. The summed E-state index contributed by atoms with van der Waals surface area (Å²) < 4.78 is 10.6. The fourth-order valence-corrected chi connectivity index (χ4v) is 2.69. The standard InChI is InChI=1S/C14H16ClN3O3S/c1-20-8-13(19)18-11-4-3-9(5-12(11)21-2)16-6-10-7-17-14(15)22-10/h3-5,7,16H,6,8H2,1-2H3,(H,18,19). The molecule has 0 saturated heterocycles. The van der Waals surface area contributed by atoms with E-state index >= 15 is 0 Å². The molecule has 0 bridgehead atoms.